The highest BCUT2D eigenvalue weighted by molar-refractivity contribution is 9.10. The molecule has 0 aliphatic heterocycles. The van der Waals surface area contributed by atoms with E-state index in [1.54, 1.807) is 36.4 Å². The van der Waals surface area contributed by atoms with Gasteiger partial charge in [-0.05, 0) is 56.2 Å². The molecule has 0 radical (unpaired) electrons. The second-order valence-electron chi connectivity index (χ2n) is 6.92. The fourth-order valence-electron chi connectivity index (χ4n) is 3.41. The number of carbonyl (C=O) groups is 2. The van der Waals surface area contributed by atoms with E-state index in [1.807, 2.05) is 13.0 Å². The van der Waals surface area contributed by atoms with Gasteiger partial charge in [0, 0.05) is 21.8 Å². The van der Waals surface area contributed by atoms with Gasteiger partial charge in [-0.3, -0.25) is 9.59 Å². The molecule has 0 unspecified atom stereocenters. The Labute approximate surface area is 174 Å². The molecule has 148 valence electrons. The molecule has 2 aromatic carbocycles. The molecule has 5 nitrogen and oxygen atoms in total. The number of ether oxygens (including phenoxy) is 1. The molecule has 0 spiro atoms. The average Bonchev–Trinajstić information content (AvgIpc) is 2.70. The molecule has 1 fully saturated rings. The predicted octanol–water partition coefficient (Wildman–Crippen LogP) is 5.16. The van der Waals surface area contributed by atoms with Crippen molar-refractivity contribution in [2.75, 3.05) is 11.9 Å². The number of hydrogen-bond donors (Lipinski definition) is 2. The maximum Gasteiger partial charge on any atom is 0.259 e. The summed E-state index contributed by atoms with van der Waals surface area (Å²) in [6, 6.07) is 12.6. The van der Waals surface area contributed by atoms with Crippen LogP contribution in [0.1, 0.15) is 59.7 Å². The molecule has 3 rings (SSSR count). The standard InChI is InChI=1S/C22H25BrN2O3/c1-2-28-20-12-11-16(23)14-19(20)22(27)25-18-10-6-7-15(13-18)21(26)24-17-8-4-3-5-9-17/h6-7,10-14,17H,2-5,8-9H2,1H3,(H,24,26)(H,25,27). The average molecular weight is 445 g/mol. The molecule has 0 heterocycles. The zero-order valence-corrected chi connectivity index (χ0v) is 17.6. The van der Waals surface area contributed by atoms with Gasteiger partial charge in [-0.1, -0.05) is 41.3 Å². The van der Waals surface area contributed by atoms with Gasteiger partial charge in [-0.25, -0.2) is 0 Å². The van der Waals surface area contributed by atoms with E-state index in [-0.39, 0.29) is 17.9 Å². The van der Waals surface area contributed by atoms with Gasteiger partial charge in [0.2, 0.25) is 0 Å². The van der Waals surface area contributed by atoms with Crippen LogP contribution in [0.2, 0.25) is 0 Å². The summed E-state index contributed by atoms with van der Waals surface area (Å²) < 4.78 is 6.34. The largest absolute Gasteiger partial charge is 0.493 e. The number of anilines is 1. The Morgan fingerprint density at radius 1 is 1.07 bits per heavy atom. The number of halogens is 1. The van der Waals surface area contributed by atoms with Gasteiger partial charge >= 0.3 is 0 Å². The van der Waals surface area contributed by atoms with Gasteiger partial charge < -0.3 is 15.4 Å². The second kappa shape index (κ2) is 9.73. The maximum absolute atomic E-state index is 12.7. The van der Waals surface area contributed by atoms with Crippen LogP contribution in [0.3, 0.4) is 0 Å². The molecular weight excluding hydrogens is 420 g/mol. The summed E-state index contributed by atoms with van der Waals surface area (Å²) in [5.41, 5.74) is 1.56. The fourth-order valence-corrected chi connectivity index (χ4v) is 3.77. The lowest BCUT2D eigenvalue weighted by molar-refractivity contribution is 0.0926. The van der Waals surface area contributed by atoms with Crippen molar-refractivity contribution >= 4 is 33.4 Å². The first kappa shape index (κ1) is 20.4. The third kappa shape index (κ3) is 5.35. The topological polar surface area (TPSA) is 67.4 Å². The van der Waals surface area contributed by atoms with E-state index in [1.165, 1.54) is 6.42 Å². The third-order valence-corrected chi connectivity index (χ3v) is 5.30. The lowest BCUT2D eigenvalue weighted by atomic mass is 9.95. The Bertz CT molecular complexity index is 847. The normalized spacial score (nSPS) is 14.4. The number of nitrogens with one attached hydrogen (secondary N) is 2. The SMILES string of the molecule is CCOc1ccc(Br)cc1C(=O)Nc1cccc(C(=O)NC2CCCCC2)c1. The predicted molar refractivity (Wildman–Crippen MR) is 114 cm³/mol. The van der Waals surface area contributed by atoms with Crippen LogP contribution in [0.15, 0.2) is 46.9 Å². The van der Waals surface area contributed by atoms with E-state index in [2.05, 4.69) is 26.6 Å². The van der Waals surface area contributed by atoms with E-state index in [0.717, 1.165) is 30.2 Å². The van der Waals surface area contributed by atoms with Gasteiger partial charge in [-0.15, -0.1) is 0 Å². The van der Waals surface area contributed by atoms with Crippen molar-refractivity contribution in [1.82, 2.24) is 5.32 Å². The highest BCUT2D eigenvalue weighted by Crippen LogP contribution is 2.25. The minimum atomic E-state index is -0.283. The first-order valence-electron chi connectivity index (χ1n) is 9.71. The molecule has 0 bridgehead atoms. The van der Waals surface area contributed by atoms with Gasteiger partial charge in [0.15, 0.2) is 0 Å². The van der Waals surface area contributed by atoms with E-state index < -0.39 is 0 Å². The van der Waals surface area contributed by atoms with Crippen molar-refractivity contribution in [3.05, 3.63) is 58.1 Å². The summed E-state index contributed by atoms with van der Waals surface area (Å²) in [5.74, 6) is 0.143. The van der Waals surface area contributed by atoms with E-state index >= 15 is 0 Å². The lowest BCUT2D eigenvalue weighted by Crippen LogP contribution is -2.36. The van der Waals surface area contributed by atoms with Gasteiger partial charge in [0.25, 0.3) is 11.8 Å². The molecule has 28 heavy (non-hydrogen) atoms. The van der Waals surface area contributed by atoms with Crippen molar-refractivity contribution in [3.8, 4) is 5.75 Å². The van der Waals surface area contributed by atoms with Gasteiger partial charge in [0.05, 0.1) is 12.2 Å². The minimum Gasteiger partial charge on any atom is -0.493 e. The number of amides is 2. The summed E-state index contributed by atoms with van der Waals surface area (Å²) in [4.78, 5) is 25.3. The fraction of sp³-hybridized carbons (Fsp3) is 0.364. The molecule has 2 N–H and O–H groups in total. The molecule has 1 aliphatic rings. The zero-order chi connectivity index (χ0) is 19.9. The minimum absolute atomic E-state index is 0.0968. The van der Waals surface area contributed by atoms with Crippen LogP contribution in [-0.2, 0) is 0 Å². The Kier molecular flexibility index (Phi) is 7.09. The number of hydrogen-bond acceptors (Lipinski definition) is 3. The number of rotatable bonds is 6. The van der Waals surface area contributed by atoms with Crippen LogP contribution in [0.4, 0.5) is 5.69 Å². The molecule has 1 saturated carbocycles. The van der Waals surface area contributed by atoms with Crippen molar-refractivity contribution in [2.45, 2.75) is 45.1 Å². The summed E-state index contributed by atoms with van der Waals surface area (Å²) in [6.07, 6.45) is 5.63. The van der Waals surface area contributed by atoms with Crippen LogP contribution < -0.4 is 15.4 Å². The Balaban J connectivity index is 1.71. The molecule has 2 amide bonds. The van der Waals surface area contributed by atoms with Gasteiger partial charge in [-0.2, -0.15) is 0 Å². The zero-order valence-electron chi connectivity index (χ0n) is 16.0. The van der Waals surface area contributed by atoms with Crippen LogP contribution in [0, 0.1) is 0 Å². The maximum atomic E-state index is 12.7. The Morgan fingerprint density at radius 3 is 2.61 bits per heavy atom. The third-order valence-electron chi connectivity index (χ3n) is 4.81. The Hall–Kier alpha value is -2.34. The monoisotopic (exact) mass is 444 g/mol. The second-order valence-corrected chi connectivity index (χ2v) is 7.83. The summed E-state index contributed by atoms with van der Waals surface area (Å²) >= 11 is 3.39. The number of benzene rings is 2. The van der Waals surface area contributed by atoms with Crippen molar-refractivity contribution < 1.29 is 14.3 Å². The molecule has 6 heteroatoms. The number of carbonyl (C=O) groups excluding carboxylic acids is 2. The van der Waals surface area contributed by atoms with Crippen molar-refractivity contribution in [1.29, 1.82) is 0 Å². The van der Waals surface area contributed by atoms with E-state index in [4.69, 9.17) is 4.74 Å². The molecule has 0 atom stereocenters. The smallest absolute Gasteiger partial charge is 0.259 e. The molecular formula is C22H25BrN2O3. The van der Waals surface area contributed by atoms with E-state index in [0.29, 0.717) is 29.2 Å². The highest BCUT2D eigenvalue weighted by atomic mass is 79.9. The van der Waals surface area contributed by atoms with Gasteiger partial charge in [0.1, 0.15) is 5.75 Å². The van der Waals surface area contributed by atoms with Crippen LogP contribution in [0.5, 0.6) is 5.75 Å². The first-order valence-corrected chi connectivity index (χ1v) is 10.5. The Morgan fingerprint density at radius 2 is 1.86 bits per heavy atom. The summed E-state index contributed by atoms with van der Waals surface area (Å²) in [7, 11) is 0. The highest BCUT2D eigenvalue weighted by Gasteiger charge is 2.18. The quantitative estimate of drug-likeness (QED) is 0.645. The van der Waals surface area contributed by atoms with E-state index in [9.17, 15) is 9.59 Å². The van der Waals surface area contributed by atoms with Crippen molar-refractivity contribution in [2.24, 2.45) is 0 Å². The van der Waals surface area contributed by atoms with Crippen LogP contribution in [-0.4, -0.2) is 24.5 Å². The summed E-state index contributed by atoms with van der Waals surface area (Å²) in [6.45, 7) is 2.34. The molecule has 1 aliphatic carbocycles. The summed E-state index contributed by atoms with van der Waals surface area (Å²) in [5, 5.41) is 5.97. The van der Waals surface area contributed by atoms with Crippen LogP contribution >= 0.6 is 15.9 Å². The lowest BCUT2D eigenvalue weighted by Gasteiger charge is -2.22. The molecule has 2 aromatic rings. The molecule has 0 aromatic heterocycles. The molecule has 0 saturated heterocycles. The van der Waals surface area contributed by atoms with Crippen molar-refractivity contribution in [3.63, 3.8) is 0 Å². The first-order chi connectivity index (χ1) is 13.6. The van der Waals surface area contributed by atoms with Crippen LogP contribution in [0.25, 0.3) is 0 Å².